The fraction of sp³-hybridized carbons (Fsp3) is 0.346. The average molecular weight is 438 g/mol. The molecule has 0 heterocycles. The van der Waals surface area contributed by atoms with Crippen molar-refractivity contribution in [3.8, 4) is 23.0 Å². The van der Waals surface area contributed by atoms with E-state index in [4.69, 9.17) is 18.9 Å². The first-order valence-electron chi connectivity index (χ1n) is 10.5. The van der Waals surface area contributed by atoms with Gasteiger partial charge in [-0.1, -0.05) is 0 Å². The highest BCUT2D eigenvalue weighted by atomic mass is 16.5. The lowest BCUT2D eigenvalue weighted by Gasteiger charge is -2.30. The lowest BCUT2D eigenvalue weighted by molar-refractivity contribution is -0.116. The summed E-state index contributed by atoms with van der Waals surface area (Å²) in [4.78, 5) is 14.7. The van der Waals surface area contributed by atoms with Crippen LogP contribution in [0.2, 0.25) is 0 Å². The standard InChI is InChI=1S/C26H31NO5/c1-16-10-22-23(8-9-24(31-6)26(22)25(11-16)32-7)27(18(3)28)17(2)12-19-13-20(29-4)15-21(14-19)30-5/h8-11,13-15,17H,12H2,1-7H3/t17-/m1/s1. The van der Waals surface area contributed by atoms with Crippen molar-refractivity contribution < 1.29 is 23.7 Å². The maximum Gasteiger partial charge on any atom is 0.224 e. The number of rotatable bonds is 8. The maximum atomic E-state index is 12.9. The minimum absolute atomic E-state index is 0.0423. The van der Waals surface area contributed by atoms with Gasteiger partial charge in [0.25, 0.3) is 0 Å². The second kappa shape index (κ2) is 9.81. The molecule has 0 aliphatic rings. The number of hydrogen-bond donors (Lipinski definition) is 0. The van der Waals surface area contributed by atoms with Gasteiger partial charge in [-0.25, -0.2) is 0 Å². The van der Waals surface area contributed by atoms with Gasteiger partial charge in [0.1, 0.15) is 23.0 Å². The molecular weight excluding hydrogens is 406 g/mol. The van der Waals surface area contributed by atoms with Crippen LogP contribution in [-0.2, 0) is 11.2 Å². The van der Waals surface area contributed by atoms with Crippen LogP contribution in [0.1, 0.15) is 25.0 Å². The zero-order chi connectivity index (χ0) is 23.4. The lowest BCUT2D eigenvalue weighted by Crippen LogP contribution is -2.38. The predicted molar refractivity (Wildman–Crippen MR) is 128 cm³/mol. The highest BCUT2D eigenvalue weighted by Gasteiger charge is 2.24. The number of ether oxygens (including phenoxy) is 4. The van der Waals surface area contributed by atoms with Crippen LogP contribution >= 0.6 is 0 Å². The molecule has 0 N–H and O–H groups in total. The van der Waals surface area contributed by atoms with Crippen molar-refractivity contribution in [2.75, 3.05) is 33.3 Å². The number of carbonyl (C=O) groups is 1. The van der Waals surface area contributed by atoms with Gasteiger partial charge in [-0.15, -0.1) is 0 Å². The number of carbonyl (C=O) groups excluding carboxylic acids is 1. The molecule has 0 saturated carbocycles. The average Bonchev–Trinajstić information content (AvgIpc) is 2.78. The molecule has 0 aliphatic heterocycles. The molecule has 0 aromatic heterocycles. The van der Waals surface area contributed by atoms with E-state index < -0.39 is 0 Å². The predicted octanol–water partition coefficient (Wildman–Crippen LogP) is 5.17. The van der Waals surface area contributed by atoms with E-state index in [2.05, 4.69) is 6.07 Å². The van der Waals surface area contributed by atoms with Crippen LogP contribution in [-0.4, -0.2) is 40.4 Å². The van der Waals surface area contributed by atoms with Gasteiger partial charge in [0.2, 0.25) is 5.91 Å². The van der Waals surface area contributed by atoms with E-state index >= 15 is 0 Å². The highest BCUT2D eigenvalue weighted by molar-refractivity contribution is 6.07. The molecule has 6 nitrogen and oxygen atoms in total. The van der Waals surface area contributed by atoms with Crippen LogP contribution in [0.4, 0.5) is 5.69 Å². The smallest absolute Gasteiger partial charge is 0.224 e. The summed E-state index contributed by atoms with van der Waals surface area (Å²) in [6.45, 7) is 5.64. The van der Waals surface area contributed by atoms with Gasteiger partial charge in [0.05, 0.1) is 39.5 Å². The minimum Gasteiger partial charge on any atom is -0.497 e. The zero-order valence-electron chi connectivity index (χ0n) is 19.8. The summed E-state index contributed by atoms with van der Waals surface area (Å²) in [6.07, 6.45) is 0.629. The number of benzene rings is 3. The van der Waals surface area contributed by atoms with Crippen molar-refractivity contribution >= 4 is 22.4 Å². The molecule has 1 amide bonds. The molecule has 6 heteroatoms. The van der Waals surface area contributed by atoms with Crippen molar-refractivity contribution in [2.45, 2.75) is 33.2 Å². The highest BCUT2D eigenvalue weighted by Crippen LogP contribution is 2.41. The number of fused-ring (bicyclic) bond motifs is 1. The Bertz CT molecular complexity index is 1100. The molecule has 3 rings (SSSR count). The summed E-state index contributed by atoms with van der Waals surface area (Å²) in [6, 6.07) is 13.5. The third kappa shape index (κ3) is 4.59. The van der Waals surface area contributed by atoms with Crippen molar-refractivity contribution in [1.29, 1.82) is 0 Å². The Morgan fingerprint density at radius 1 is 0.875 bits per heavy atom. The van der Waals surface area contributed by atoms with Crippen LogP contribution in [0.5, 0.6) is 23.0 Å². The zero-order valence-corrected chi connectivity index (χ0v) is 19.8. The van der Waals surface area contributed by atoms with Gasteiger partial charge in [-0.05, 0) is 67.8 Å². The Kier molecular flexibility index (Phi) is 7.13. The monoisotopic (exact) mass is 437 g/mol. The third-order valence-electron chi connectivity index (χ3n) is 5.58. The molecule has 3 aromatic rings. The molecule has 0 saturated heterocycles. The van der Waals surface area contributed by atoms with E-state index in [0.717, 1.165) is 39.1 Å². The van der Waals surface area contributed by atoms with Gasteiger partial charge in [0.15, 0.2) is 0 Å². The molecule has 0 radical (unpaired) electrons. The first-order chi connectivity index (χ1) is 15.3. The fourth-order valence-electron chi connectivity index (χ4n) is 4.21. The molecule has 0 fully saturated rings. The van der Waals surface area contributed by atoms with Crippen LogP contribution in [0.15, 0.2) is 42.5 Å². The Labute approximate surface area is 189 Å². The molecular formula is C26H31NO5. The Hall–Kier alpha value is -3.41. The van der Waals surface area contributed by atoms with E-state index in [0.29, 0.717) is 17.9 Å². The summed E-state index contributed by atoms with van der Waals surface area (Å²) in [7, 11) is 6.53. The van der Waals surface area contributed by atoms with Crippen molar-refractivity contribution in [3.05, 3.63) is 53.6 Å². The summed E-state index contributed by atoms with van der Waals surface area (Å²) in [5, 5.41) is 1.76. The second-order valence-electron chi connectivity index (χ2n) is 7.84. The van der Waals surface area contributed by atoms with Gasteiger partial charge < -0.3 is 23.8 Å². The fourth-order valence-corrected chi connectivity index (χ4v) is 4.21. The van der Waals surface area contributed by atoms with Crippen LogP contribution < -0.4 is 23.8 Å². The van der Waals surface area contributed by atoms with Gasteiger partial charge in [0, 0.05) is 24.4 Å². The topological polar surface area (TPSA) is 57.2 Å². The quantitative estimate of drug-likeness (QED) is 0.487. The molecule has 32 heavy (non-hydrogen) atoms. The summed E-state index contributed by atoms with van der Waals surface area (Å²) in [5.74, 6) is 2.81. The normalized spacial score (nSPS) is 11.7. The molecule has 3 aromatic carbocycles. The molecule has 170 valence electrons. The van der Waals surface area contributed by atoms with Gasteiger partial charge in [-0.2, -0.15) is 0 Å². The first kappa shape index (κ1) is 23.3. The van der Waals surface area contributed by atoms with E-state index in [1.54, 1.807) is 35.4 Å². The largest absolute Gasteiger partial charge is 0.497 e. The molecule has 0 spiro atoms. The Morgan fingerprint density at radius 3 is 2.03 bits per heavy atom. The summed E-state index contributed by atoms with van der Waals surface area (Å²) >= 11 is 0. The summed E-state index contributed by atoms with van der Waals surface area (Å²) < 4.78 is 22.1. The number of nitrogens with zero attached hydrogens (tertiary/aromatic N) is 1. The van der Waals surface area contributed by atoms with E-state index in [1.165, 1.54) is 0 Å². The summed E-state index contributed by atoms with van der Waals surface area (Å²) in [5.41, 5.74) is 2.88. The third-order valence-corrected chi connectivity index (χ3v) is 5.58. The lowest BCUT2D eigenvalue weighted by atomic mass is 10.00. The van der Waals surface area contributed by atoms with E-state index in [9.17, 15) is 4.79 Å². The SMILES string of the molecule is COc1cc(C[C@@H](C)N(C(C)=O)c2ccc(OC)c3c(OC)cc(C)cc23)cc(OC)c1. The van der Waals surface area contributed by atoms with Crippen LogP contribution in [0, 0.1) is 6.92 Å². The van der Waals surface area contributed by atoms with Crippen molar-refractivity contribution in [3.63, 3.8) is 0 Å². The maximum absolute atomic E-state index is 12.9. The number of hydrogen-bond acceptors (Lipinski definition) is 5. The van der Waals surface area contributed by atoms with Gasteiger partial charge in [-0.3, -0.25) is 4.79 Å². The number of aryl methyl sites for hydroxylation is 1. The molecule has 0 aliphatic carbocycles. The van der Waals surface area contributed by atoms with E-state index in [1.807, 2.05) is 55.1 Å². The van der Waals surface area contributed by atoms with Crippen LogP contribution in [0.25, 0.3) is 10.8 Å². The van der Waals surface area contributed by atoms with Crippen LogP contribution in [0.3, 0.4) is 0 Å². The van der Waals surface area contributed by atoms with E-state index in [-0.39, 0.29) is 11.9 Å². The number of amides is 1. The van der Waals surface area contributed by atoms with Crippen molar-refractivity contribution in [2.24, 2.45) is 0 Å². The van der Waals surface area contributed by atoms with Crippen molar-refractivity contribution in [1.82, 2.24) is 0 Å². The number of anilines is 1. The minimum atomic E-state index is -0.118. The number of methoxy groups -OCH3 is 4. The molecule has 0 bridgehead atoms. The second-order valence-corrected chi connectivity index (χ2v) is 7.84. The Morgan fingerprint density at radius 2 is 1.50 bits per heavy atom. The van der Waals surface area contributed by atoms with Gasteiger partial charge >= 0.3 is 0 Å². The molecule has 0 unspecified atom stereocenters. The first-order valence-corrected chi connectivity index (χ1v) is 10.5. The molecule has 1 atom stereocenters. The Balaban J connectivity index is 2.11.